The van der Waals surface area contributed by atoms with Gasteiger partial charge in [-0.05, 0) is 47.2 Å². The lowest BCUT2D eigenvalue weighted by atomic mass is 10.1. The number of halogens is 2. The number of nitrogens with zero attached hydrogens (tertiary/aromatic N) is 1. The molecule has 1 heterocycles. The Bertz CT molecular complexity index is 525. The lowest BCUT2D eigenvalue weighted by molar-refractivity contribution is 1.14. The van der Waals surface area contributed by atoms with Crippen LogP contribution in [0.5, 0.6) is 0 Å². The quantitative estimate of drug-likeness (QED) is 0.821. The summed E-state index contributed by atoms with van der Waals surface area (Å²) in [6, 6.07) is 5.94. The first-order chi connectivity index (χ1) is 7.56. The standard InChI is InChI=1S/C11H10ClIN2S/c1-6-10(16-11(14)15-6)4-7-2-3-8(12)5-9(7)13/h2-3,5H,4H2,1H3,(H2,14,15). The van der Waals surface area contributed by atoms with Gasteiger partial charge in [0.15, 0.2) is 5.13 Å². The van der Waals surface area contributed by atoms with E-state index in [0.717, 1.165) is 17.1 Å². The Kier molecular flexibility index (Phi) is 3.71. The van der Waals surface area contributed by atoms with Crippen LogP contribution in [-0.4, -0.2) is 4.98 Å². The summed E-state index contributed by atoms with van der Waals surface area (Å²) in [5.74, 6) is 0. The van der Waals surface area contributed by atoms with Crippen molar-refractivity contribution in [2.75, 3.05) is 5.73 Å². The molecule has 0 atom stereocenters. The number of benzene rings is 1. The molecule has 0 fully saturated rings. The van der Waals surface area contributed by atoms with Gasteiger partial charge in [0.05, 0.1) is 5.69 Å². The van der Waals surface area contributed by atoms with Gasteiger partial charge in [-0.1, -0.05) is 17.7 Å². The van der Waals surface area contributed by atoms with E-state index in [2.05, 4.69) is 33.6 Å². The minimum Gasteiger partial charge on any atom is -0.375 e. The fourth-order valence-electron chi connectivity index (χ4n) is 1.45. The molecular weight excluding hydrogens is 355 g/mol. The van der Waals surface area contributed by atoms with Crippen LogP contribution in [0.15, 0.2) is 18.2 Å². The maximum Gasteiger partial charge on any atom is 0.180 e. The maximum atomic E-state index is 5.92. The molecule has 2 N–H and O–H groups in total. The van der Waals surface area contributed by atoms with Crippen LogP contribution >= 0.6 is 45.5 Å². The maximum absolute atomic E-state index is 5.92. The molecule has 1 aromatic heterocycles. The highest BCUT2D eigenvalue weighted by Crippen LogP contribution is 2.26. The summed E-state index contributed by atoms with van der Waals surface area (Å²) >= 11 is 9.77. The molecule has 16 heavy (non-hydrogen) atoms. The number of nitrogen functional groups attached to an aromatic ring is 1. The van der Waals surface area contributed by atoms with Gasteiger partial charge in [0.25, 0.3) is 0 Å². The lowest BCUT2D eigenvalue weighted by Gasteiger charge is -2.03. The number of aromatic nitrogens is 1. The second-order valence-electron chi connectivity index (χ2n) is 3.47. The van der Waals surface area contributed by atoms with Crippen LogP contribution in [0.2, 0.25) is 5.02 Å². The van der Waals surface area contributed by atoms with Crippen molar-refractivity contribution in [1.82, 2.24) is 4.98 Å². The van der Waals surface area contributed by atoms with E-state index in [4.69, 9.17) is 17.3 Å². The number of hydrogen-bond donors (Lipinski definition) is 1. The Balaban J connectivity index is 2.30. The number of nitrogens with two attached hydrogens (primary N) is 1. The molecule has 2 rings (SSSR count). The minimum absolute atomic E-state index is 0.636. The highest BCUT2D eigenvalue weighted by Gasteiger charge is 2.08. The van der Waals surface area contributed by atoms with Gasteiger partial charge in [0, 0.05) is 19.9 Å². The molecular formula is C11H10ClIN2S. The molecule has 0 unspecified atom stereocenters. The first kappa shape index (κ1) is 12.1. The van der Waals surface area contributed by atoms with Gasteiger partial charge >= 0.3 is 0 Å². The van der Waals surface area contributed by atoms with Gasteiger partial charge in [-0.2, -0.15) is 0 Å². The van der Waals surface area contributed by atoms with Crippen molar-refractivity contribution in [3.63, 3.8) is 0 Å². The largest absolute Gasteiger partial charge is 0.375 e. The predicted octanol–water partition coefficient (Wildman–Crippen LogP) is 3.88. The van der Waals surface area contributed by atoms with E-state index in [1.54, 1.807) is 11.3 Å². The van der Waals surface area contributed by atoms with Crippen molar-refractivity contribution in [1.29, 1.82) is 0 Å². The summed E-state index contributed by atoms with van der Waals surface area (Å²) in [4.78, 5) is 5.44. The van der Waals surface area contributed by atoms with E-state index >= 15 is 0 Å². The number of anilines is 1. The molecule has 84 valence electrons. The number of aryl methyl sites for hydroxylation is 1. The minimum atomic E-state index is 0.636. The Morgan fingerprint density at radius 1 is 1.50 bits per heavy atom. The molecule has 5 heteroatoms. The van der Waals surface area contributed by atoms with Crippen LogP contribution in [0.3, 0.4) is 0 Å². The van der Waals surface area contributed by atoms with Crippen LogP contribution in [0.25, 0.3) is 0 Å². The van der Waals surface area contributed by atoms with Gasteiger partial charge in [0.2, 0.25) is 0 Å². The highest BCUT2D eigenvalue weighted by atomic mass is 127. The summed E-state index contributed by atoms with van der Waals surface area (Å²) in [5.41, 5.74) is 7.96. The van der Waals surface area contributed by atoms with E-state index in [-0.39, 0.29) is 0 Å². The van der Waals surface area contributed by atoms with Gasteiger partial charge in [-0.15, -0.1) is 11.3 Å². The van der Waals surface area contributed by atoms with E-state index < -0.39 is 0 Å². The number of rotatable bonds is 2. The van der Waals surface area contributed by atoms with Crippen LogP contribution in [0.1, 0.15) is 16.1 Å². The third-order valence-electron chi connectivity index (χ3n) is 2.28. The van der Waals surface area contributed by atoms with Crippen molar-refractivity contribution < 1.29 is 0 Å². The smallest absolute Gasteiger partial charge is 0.180 e. The molecule has 0 saturated carbocycles. The predicted molar refractivity (Wildman–Crippen MR) is 78.2 cm³/mol. The van der Waals surface area contributed by atoms with Gasteiger partial charge < -0.3 is 5.73 Å². The van der Waals surface area contributed by atoms with E-state index in [9.17, 15) is 0 Å². The molecule has 0 radical (unpaired) electrons. The molecule has 0 amide bonds. The van der Waals surface area contributed by atoms with Gasteiger partial charge in [0.1, 0.15) is 0 Å². The van der Waals surface area contributed by atoms with Crippen molar-refractivity contribution in [3.05, 3.63) is 42.9 Å². The van der Waals surface area contributed by atoms with Crippen LogP contribution in [0, 0.1) is 10.5 Å². The molecule has 1 aromatic carbocycles. The van der Waals surface area contributed by atoms with E-state index in [1.807, 2.05) is 19.1 Å². The number of hydrogen-bond acceptors (Lipinski definition) is 3. The molecule has 0 aliphatic heterocycles. The van der Waals surface area contributed by atoms with Crippen LogP contribution < -0.4 is 5.73 Å². The van der Waals surface area contributed by atoms with Crippen molar-refractivity contribution >= 4 is 50.7 Å². The first-order valence-corrected chi connectivity index (χ1v) is 6.99. The van der Waals surface area contributed by atoms with Crippen molar-refractivity contribution in [3.8, 4) is 0 Å². The average Bonchev–Trinajstić information content (AvgIpc) is 2.50. The second kappa shape index (κ2) is 4.89. The van der Waals surface area contributed by atoms with E-state index in [1.165, 1.54) is 14.0 Å². The monoisotopic (exact) mass is 364 g/mol. The first-order valence-electron chi connectivity index (χ1n) is 4.72. The zero-order chi connectivity index (χ0) is 11.7. The van der Waals surface area contributed by atoms with Gasteiger partial charge in [-0.25, -0.2) is 4.98 Å². The summed E-state index contributed by atoms with van der Waals surface area (Å²) in [6.45, 7) is 1.99. The highest BCUT2D eigenvalue weighted by molar-refractivity contribution is 14.1. The summed E-state index contributed by atoms with van der Waals surface area (Å²) < 4.78 is 1.18. The Morgan fingerprint density at radius 3 is 2.81 bits per heavy atom. The summed E-state index contributed by atoms with van der Waals surface area (Å²) in [5, 5.41) is 1.41. The zero-order valence-electron chi connectivity index (χ0n) is 8.63. The van der Waals surface area contributed by atoms with Crippen LogP contribution in [0.4, 0.5) is 5.13 Å². The fourth-order valence-corrected chi connectivity index (χ4v) is 3.37. The third-order valence-corrected chi connectivity index (χ3v) is 4.50. The molecule has 0 aliphatic rings. The van der Waals surface area contributed by atoms with Gasteiger partial charge in [-0.3, -0.25) is 0 Å². The Morgan fingerprint density at radius 2 is 2.25 bits per heavy atom. The Labute approximate surface area is 117 Å². The average molecular weight is 365 g/mol. The lowest BCUT2D eigenvalue weighted by Crippen LogP contribution is -1.91. The molecule has 0 spiro atoms. The second-order valence-corrected chi connectivity index (χ2v) is 6.19. The van der Waals surface area contributed by atoms with Crippen molar-refractivity contribution in [2.24, 2.45) is 0 Å². The topological polar surface area (TPSA) is 38.9 Å². The molecule has 0 aliphatic carbocycles. The zero-order valence-corrected chi connectivity index (χ0v) is 12.4. The number of thiazole rings is 1. The SMILES string of the molecule is Cc1nc(N)sc1Cc1ccc(Cl)cc1I. The van der Waals surface area contributed by atoms with Crippen molar-refractivity contribution in [2.45, 2.75) is 13.3 Å². The fraction of sp³-hybridized carbons (Fsp3) is 0.182. The molecule has 2 nitrogen and oxygen atoms in total. The normalized spacial score (nSPS) is 10.7. The summed E-state index contributed by atoms with van der Waals surface area (Å²) in [6.07, 6.45) is 0.871. The third kappa shape index (κ3) is 2.67. The molecule has 0 saturated heterocycles. The molecule has 2 aromatic rings. The van der Waals surface area contributed by atoms with E-state index in [0.29, 0.717) is 5.13 Å². The Hall–Kier alpha value is -0.330. The summed E-state index contributed by atoms with van der Waals surface area (Å²) in [7, 11) is 0. The molecule has 0 bridgehead atoms. The van der Waals surface area contributed by atoms with Crippen LogP contribution in [-0.2, 0) is 6.42 Å².